The molecule has 5 nitrogen and oxygen atoms in total. The second-order valence-corrected chi connectivity index (χ2v) is 6.88. The lowest BCUT2D eigenvalue weighted by Crippen LogP contribution is -2.46. The van der Waals surface area contributed by atoms with Crippen molar-refractivity contribution in [3.8, 4) is 0 Å². The van der Waals surface area contributed by atoms with Crippen molar-refractivity contribution in [1.82, 2.24) is 9.80 Å². The SMILES string of the molecule is CC(C)N(C[C@H]1CCCN(CCN)C1)C(=O)OCc1ccccc1. The highest BCUT2D eigenvalue weighted by Gasteiger charge is 2.26. The third kappa shape index (κ3) is 5.80. The van der Waals surface area contributed by atoms with Crippen LogP contribution in [0, 0.1) is 5.92 Å². The molecule has 1 amide bonds. The van der Waals surface area contributed by atoms with E-state index in [9.17, 15) is 4.79 Å². The average Bonchev–Trinajstić information content (AvgIpc) is 2.59. The van der Waals surface area contributed by atoms with Gasteiger partial charge in [-0.15, -0.1) is 0 Å². The molecule has 0 spiro atoms. The molecule has 2 N–H and O–H groups in total. The second-order valence-electron chi connectivity index (χ2n) is 6.88. The van der Waals surface area contributed by atoms with Crippen molar-refractivity contribution in [3.63, 3.8) is 0 Å². The molecule has 0 saturated carbocycles. The number of benzene rings is 1. The van der Waals surface area contributed by atoms with Crippen LogP contribution in [0.5, 0.6) is 0 Å². The molecule has 0 radical (unpaired) electrons. The van der Waals surface area contributed by atoms with Gasteiger partial charge in [-0.05, 0) is 44.7 Å². The largest absolute Gasteiger partial charge is 0.445 e. The monoisotopic (exact) mass is 333 g/mol. The van der Waals surface area contributed by atoms with Crippen LogP contribution in [-0.2, 0) is 11.3 Å². The number of hydrogen-bond acceptors (Lipinski definition) is 4. The Morgan fingerprint density at radius 2 is 2.12 bits per heavy atom. The van der Waals surface area contributed by atoms with Gasteiger partial charge in [0.15, 0.2) is 0 Å². The molecule has 0 aliphatic carbocycles. The summed E-state index contributed by atoms with van der Waals surface area (Å²) in [5, 5.41) is 0. The molecule has 1 aromatic carbocycles. The van der Waals surface area contributed by atoms with Crippen LogP contribution in [-0.4, -0.2) is 54.7 Å². The van der Waals surface area contributed by atoms with E-state index >= 15 is 0 Å². The predicted octanol–water partition coefficient (Wildman–Crippen LogP) is 2.70. The summed E-state index contributed by atoms with van der Waals surface area (Å²) in [6.45, 7) is 8.95. The van der Waals surface area contributed by atoms with Gasteiger partial charge in [0, 0.05) is 32.2 Å². The van der Waals surface area contributed by atoms with Crippen LogP contribution in [0.2, 0.25) is 0 Å². The van der Waals surface area contributed by atoms with Gasteiger partial charge in [-0.2, -0.15) is 0 Å². The lowest BCUT2D eigenvalue weighted by atomic mass is 9.97. The highest BCUT2D eigenvalue weighted by molar-refractivity contribution is 5.68. The zero-order valence-electron chi connectivity index (χ0n) is 15.0. The summed E-state index contributed by atoms with van der Waals surface area (Å²) in [5.74, 6) is 0.497. The van der Waals surface area contributed by atoms with E-state index in [0.29, 0.717) is 19.1 Å². The number of ether oxygens (including phenoxy) is 1. The molecule has 24 heavy (non-hydrogen) atoms. The molecule has 1 saturated heterocycles. The first-order valence-electron chi connectivity index (χ1n) is 9.00. The number of carbonyl (C=O) groups is 1. The van der Waals surface area contributed by atoms with Gasteiger partial charge in [0.2, 0.25) is 0 Å². The zero-order chi connectivity index (χ0) is 17.4. The smallest absolute Gasteiger partial charge is 0.410 e. The van der Waals surface area contributed by atoms with E-state index in [2.05, 4.69) is 4.90 Å². The standard InChI is InChI=1S/C19H31N3O2/c1-16(2)22(14-18-9-6-11-21(13-18)12-10-20)19(23)24-15-17-7-4-3-5-8-17/h3-5,7-8,16,18H,6,9-15,20H2,1-2H3/t18-/m0/s1. The molecule has 5 heteroatoms. The summed E-state index contributed by atoms with van der Waals surface area (Å²) in [6.07, 6.45) is 2.12. The predicted molar refractivity (Wildman–Crippen MR) is 96.7 cm³/mol. The Labute approximate surface area is 145 Å². The minimum atomic E-state index is -0.218. The van der Waals surface area contributed by atoms with Gasteiger partial charge in [-0.3, -0.25) is 0 Å². The van der Waals surface area contributed by atoms with Crippen LogP contribution in [0.1, 0.15) is 32.3 Å². The van der Waals surface area contributed by atoms with Crippen molar-refractivity contribution in [2.24, 2.45) is 11.7 Å². The topological polar surface area (TPSA) is 58.8 Å². The Bertz CT molecular complexity index is 491. The van der Waals surface area contributed by atoms with Gasteiger partial charge in [-0.25, -0.2) is 4.79 Å². The maximum Gasteiger partial charge on any atom is 0.410 e. The summed E-state index contributed by atoms with van der Waals surface area (Å²) in [7, 11) is 0. The minimum Gasteiger partial charge on any atom is -0.445 e. The van der Waals surface area contributed by atoms with Gasteiger partial charge in [-0.1, -0.05) is 30.3 Å². The van der Waals surface area contributed by atoms with E-state index in [4.69, 9.17) is 10.5 Å². The maximum atomic E-state index is 12.5. The van der Waals surface area contributed by atoms with Crippen LogP contribution in [0.15, 0.2) is 30.3 Å². The number of amides is 1. The van der Waals surface area contributed by atoms with Crippen LogP contribution in [0.25, 0.3) is 0 Å². The van der Waals surface area contributed by atoms with Crippen LogP contribution >= 0.6 is 0 Å². The van der Waals surface area contributed by atoms with E-state index in [1.165, 1.54) is 6.42 Å². The fourth-order valence-corrected chi connectivity index (χ4v) is 3.26. The van der Waals surface area contributed by atoms with Crippen molar-refractivity contribution < 1.29 is 9.53 Å². The van der Waals surface area contributed by atoms with E-state index in [0.717, 1.165) is 38.2 Å². The maximum absolute atomic E-state index is 12.5. The molecular formula is C19H31N3O2. The lowest BCUT2D eigenvalue weighted by molar-refractivity contribution is 0.0681. The molecule has 1 aromatic rings. The first-order chi connectivity index (χ1) is 11.6. The fourth-order valence-electron chi connectivity index (χ4n) is 3.26. The number of carbonyl (C=O) groups excluding carboxylic acids is 1. The third-order valence-electron chi connectivity index (χ3n) is 4.57. The molecule has 0 bridgehead atoms. The highest BCUT2D eigenvalue weighted by Crippen LogP contribution is 2.19. The summed E-state index contributed by atoms with van der Waals surface area (Å²) in [4.78, 5) is 16.8. The Balaban J connectivity index is 1.87. The Morgan fingerprint density at radius 1 is 1.38 bits per heavy atom. The molecule has 1 heterocycles. The Morgan fingerprint density at radius 3 is 2.79 bits per heavy atom. The van der Waals surface area contributed by atoms with Crippen molar-refractivity contribution in [1.29, 1.82) is 0 Å². The van der Waals surface area contributed by atoms with Gasteiger partial charge < -0.3 is 20.3 Å². The second kappa shape index (κ2) is 9.64. The number of hydrogen-bond donors (Lipinski definition) is 1. The zero-order valence-corrected chi connectivity index (χ0v) is 15.0. The van der Waals surface area contributed by atoms with Gasteiger partial charge in [0.25, 0.3) is 0 Å². The van der Waals surface area contributed by atoms with Crippen molar-refractivity contribution in [2.75, 3.05) is 32.7 Å². The summed E-state index contributed by atoms with van der Waals surface area (Å²) >= 11 is 0. The van der Waals surface area contributed by atoms with Crippen molar-refractivity contribution >= 4 is 6.09 Å². The summed E-state index contributed by atoms with van der Waals surface area (Å²) < 4.78 is 5.52. The molecule has 134 valence electrons. The molecule has 2 rings (SSSR count). The molecule has 1 aliphatic rings. The van der Waals surface area contributed by atoms with Crippen molar-refractivity contribution in [3.05, 3.63) is 35.9 Å². The first-order valence-corrected chi connectivity index (χ1v) is 9.00. The minimum absolute atomic E-state index is 0.137. The quantitative estimate of drug-likeness (QED) is 0.833. The van der Waals surface area contributed by atoms with E-state index in [1.54, 1.807) is 0 Å². The molecule has 0 unspecified atom stereocenters. The molecular weight excluding hydrogens is 302 g/mol. The van der Waals surface area contributed by atoms with Crippen LogP contribution in [0.4, 0.5) is 4.79 Å². The number of nitrogens with two attached hydrogens (primary N) is 1. The van der Waals surface area contributed by atoms with E-state index in [-0.39, 0.29) is 12.1 Å². The normalized spacial score (nSPS) is 18.6. The van der Waals surface area contributed by atoms with Crippen LogP contribution in [0.3, 0.4) is 0 Å². The van der Waals surface area contributed by atoms with Crippen molar-refractivity contribution in [2.45, 2.75) is 39.3 Å². The first kappa shape index (κ1) is 18.7. The van der Waals surface area contributed by atoms with Gasteiger partial charge in [0.05, 0.1) is 0 Å². The summed E-state index contributed by atoms with van der Waals surface area (Å²) in [5.41, 5.74) is 6.69. The summed E-state index contributed by atoms with van der Waals surface area (Å²) in [6, 6.07) is 9.95. The Kier molecular flexibility index (Phi) is 7.53. The number of likely N-dealkylation sites (tertiary alicyclic amines) is 1. The fraction of sp³-hybridized carbons (Fsp3) is 0.632. The highest BCUT2D eigenvalue weighted by atomic mass is 16.6. The van der Waals surface area contributed by atoms with Crippen LogP contribution < -0.4 is 5.73 Å². The Hall–Kier alpha value is -1.59. The lowest BCUT2D eigenvalue weighted by Gasteiger charge is -2.36. The molecule has 0 aromatic heterocycles. The number of piperidine rings is 1. The van der Waals surface area contributed by atoms with E-state index < -0.39 is 0 Å². The van der Waals surface area contributed by atoms with E-state index in [1.807, 2.05) is 49.1 Å². The average molecular weight is 333 g/mol. The number of rotatable bonds is 7. The molecule has 1 fully saturated rings. The van der Waals surface area contributed by atoms with Gasteiger partial charge >= 0.3 is 6.09 Å². The number of nitrogens with zero attached hydrogens (tertiary/aromatic N) is 2. The van der Waals surface area contributed by atoms with Gasteiger partial charge in [0.1, 0.15) is 6.61 Å². The molecule has 1 aliphatic heterocycles. The third-order valence-corrected chi connectivity index (χ3v) is 4.57. The molecule has 1 atom stereocenters.